The van der Waals surface area contributed by atoms with Crippen molar-refractivity contribution in [1.29, 1.82) is 0 Å². The topological polar surface area (TPSA) is 61.1 Å². The maximum atomic E-state index is 13.1. The van der Waals surface area contributed by atoms with Gasteiger partial charge in [-0.3, -0.25) is 0 Å². The number of benzene rings is 1. The molecule has 1 aliphatic carbocycles. The monoisotopic (exact) mass is 270 g/mol. The van der Waals surface area contributed by atoms with Gasteiger partial charge in [0.05, 0.1) is 11.7 Å². The lowest BCUT2D eigenvalue weighted by molar-refractivity contribution is 0.542. The summed E-state index contributed by atoms with van der Waals surface area (Å²) in [6.45, 7) is 5.80. The average molecular weight is 270 g/mol. The molecule has 0 saturated heterocycles. The summed E-state index contributed by atoms with van der Waals surface area (Å²) in [7, 11) is 0. The molecule has 0 unspecified atom stereocenters. The summed E-state index contributed by atoms with van der Waals surface area (Å²) in [4.78, 5) is 0. The molecule has 1 aromatic rings. The molecule has 1 fully saturated rings. The van der Waals surface area contributed by atoms with E-state index in [-0.39, 0.29) is 22.3 Å². The third kappa shape index (κ3) is 2.96. The van der Waals surface area contributed by atoms with Gasteiger partial charge in [-0.1, -0.05) is 6.07 Å². The molecule has 1 aliphatic rings. The second-order valence-electron chi connectivity index (χ2n) is 5.73. The Hall–Kier alpha value is -0.780. The van der Waals surface area contributed by atoms with E-state index in [0.29, 0.717) is 5.92 Å². The molecule has 1 saturated carbocycles. The second kappa shape index (κ2) is 4.72. The minimum absolute atomic E-state index is 0.176. The van der Waals surface area contributed by atoms with Crippen LogP contribution in [0.2, 0.25) is 0 Å². The van der Waals surface area contributed by atoms with Gasteiger partial charge in [0.25, 0.3) is 0 Å². The molecule has 100 valence electrons. The molecule has 3 N–H and O–H groups in total. The highest BCUT2D eigenvalue weighted by Crippen LogP contribution is 2.42. The van der Waals surface area contributed by atoms with Gasteiger partial charge in [0, 0.05) is 17.3 Å². The lowest BCUT2D eigenvalue weighted by atomic mass is 10.1. The summed E-state index contributed by atoms with van der Waals surface area (Å²) >= 11 is -1.06. The first-order chi connectivity index (χ1) is 8.29. The van der Waals surface area contributed by atoms with Crippen molar-refractivity contribution in [3.8, 4) is 0 Å². The van der Waals surface area contributed by atoms with Crippen molar-refractivity contribution in [1.82, 2.24) is 4.72 Å². The Kier molecular flexibility index (Phi) is 3.58. The molecular formula is C13H19FN2OS. The Morgan fingerprint density at radius 1 is 1.44 bits per heavy atom. The quantitative estimate of drug-likeness (QED) is 0.654. The van der Waals surface area contributed by atoms with Gasteiger partial charge in [-0.05, 0) is 44.9 Å². The van der Waals surface area contributed by atoms with E-state index in [1.54, 1.807) is 12.1 Å². The van der Waals surface area contributed by atoms with Crippen LogP contribution in [0, 0.1) is 5.82 Å². The van der Waals surface area contributed by atoms with Crippen molar-refractivity contribution in [2.24, 2.45) is 0 Å². The van der Waals surface area contributed by atoms with Gasteiger partial charge in [-0.25, -0.2) is 4.39 Å². The minimum atomic E-state index is -1.06. The number of nitrogens with one attached hydrogen (secondary N) is 1. The van der Waals surface area contributed by atoms with Crippen LogP contribution in [0.15, 0.2) is 18.2 Å². The molecule has 0 aromatic heterocycles. The molecule has 3 nitrogen and oxygen atoms in total. The zero-order valence-corrected chi connectivity index (χ0v) is 11.7. The number of anilines is 1. The predicted octanol–water partition coefficient (Wildman–Crippen LogP) is 2.32. The van der Waals surface area contributed by atoms with Gasteiger partial charge in [-0.2, -0.15) is 0 Å². The first-order valence-electron chi connectivity index (χ1n) is 6.02. The molecular weight excluding hydrogens is 251 g/mol. The van der Waals surface area contributed by atoms with Crippen LogP contribution in [-0.2, 0) is 11.4 Å². The Balaban J connectivity index is 1.97. The van der Waals surface area contributed by atoms with E-state index in [0.717, 1.165) is 12.0 Å². The second-order valence-corrected chi connectivity index (χ2v) is 7.73. The smallest absolute Gasteiger partial charge is 0.146 e. The fraction of sp³-hybridized carbons (Fsp3) is 0.538. The average Bonchev–Trinajstić information content (AvgIpc) is 3.00. The van der Waals surface area contributed by atoms with Crippen LogP contribution in [-0.4, -0.2) is 15.3 Å². The first kappa shape index (κ1) is 13.6. The van der Waals surface area contributed by atoms with Crippen molar-refractivity contribution >= 4 is 17.0 Å². The van der Waals surface area contributed by atoms with Gasteiger partial charge < -0.3 is 10.3 Å². The van der Waals surface area contributed by atoms with Gasteiger partial charge in [-0.15, -0.1) is 4.72 Å². The van der Waals surface area contributed by atoms with E-state index < -0.39 is 11.4 Å². The number of halogens is 1. The summed E-state index contributed by atoms with van der Waals surface area (Å²) in [6, 6.07) is 5.01. The highest BCUT2D eigenvalue weighted by atomic mass is 32.2. The van der Waals surface area contributed by atoms with E-state index in [1.807, 2.05) is 20.8 Å². The van der Waals surface area contributed by atoms with Crippen LogP contribution in [0.5, 0.6) is 0 Å². The Morgan fingerprint density at radius 2 is 2.11 bits per heavy atom. The van der Waals surface area contributed by atoms with E-state index in [2.05, 4.69) is 4.72 Å². The number of hydrogen-bond acceptors (Lipinski definition) is 3. The molecule has 5 heteroatoms. The number of rotatable bonds is 3. The molecule has 0 spiro atoms. The van der Waals surface area contributed by atoms with Crippen LogP contribution >= 0.6 is 0 Å². The third-order valence-corrected chi connectivity index (χ3v) is 4.68. The zero-order chi connectivity index (χ0) is 13.5. The highest BCUT2D eigenvalue weighted by molar-refractivity contribution is 7.90. The van der Waals surface area contributed by atoms with Crippen molar-refractivity contribution in [3.63, 3.8) is 0 Å². The van der Waals surface area contributed by atoms with Gasteiger partial charge in [0.1, 0.15) is 10.6 Å². The van der Waals surface area contributed by atoms with Crippen LogP contribution in [0.1, 0.15) is 38.7 Å². The largest absolute Gasteiger partial charge is 0.598 e. The Morgan fingerprint density at radius 3 is 2.67 bits per heavy atom. The SMILES string of the molecule is CC(C)(C)[S@+]([O-])N[C@H]1C[C@H]1c1ccc(F)c(N)c1. The molecule has 0 radical (unpaired) electrons. The van der Waals surface area contributed by atoms with Crippen molar-refractivity contribution in [2.45, 2.75) is 43.9 Å². The van der Waals surface area contributed by atoms with Gasteiger partial charge in [0.2, 0.25) is 0 Å². The molecule has 0 amide bonds. The summed E-state index contributed by atoms with van der Waals surface area (Å²) in [5.74, 6) is -0.0959. The molecule has 2 rings (SSSR count). The Labute approximate surface area is 110 Å². The fourth-order valence-corrected chi connectivity index (χ4v) is 2.69. The summed E-state index contributed by atoms with van der Waals surface area (Å²) in [5.41, 5.74) is 6.73. The lowest BCUT2D eigenvalue weighted by Gasteiger charge is -2.23. The van der Waals surface area contributed by atoms with E-state index in [1.165, 1.54) is 6.07 Å². The summed E-state index contributed by atoms with van der Waals surface area (Å²) in [5, 5.41) is 0. The summed E-state index contributed by atoms with van der Waals surface area (Å²) in [6.07, 6.45) is 0.924. The number of nitrogens with two attached hydrogens (primary N) is 1. The van der Waals surface area contributed by atoms with Crippen molar-refractivity contribution < 1.29 is 8.94 Å². The van der Waals surface area contributed by atoms with Crippen LogP contribution < -0.4 is 10.5 Å². The highest BCUT2D eigenvalue weighted by Gasteiger charge is 2.43. The third-order valence-electron chi connectivity index (χ3n) is 3.05. The van der Waals surface area contributed by atoms with Gasteiger partial charge >= 0.3 is 0 Å². The molecule has 0 heterocycles. The normalized spacial score (nSPS) is 24.9. The molecule has 0 aliphatic heterocycles. The maximum Gasteiger partial charge on any atom is 0.146 e. The van der Waals surface area contributed by atoms with E-state index >= 15 is 0 Å². The minimum Gasteiger partial charge on any atom is -0.598 e. The fourth-order valence-electron chi connectivity index (χ4n) is 1.80. The van der Waals surface area contributed by atoms with Crippen molar-refractivity contribution in [3.05, 3.63) is 29.6 Å². The molecule has 18 heavy (non-hydrogen) atoms. The van der Waals surface area contributed by atoms with E-state index in [4.69, 9.17) is 5.73 Å². The van der Waals surface area contributed by atoms with Gasteiger partial charge in [0.15, 0.2) is 0 Å². The number of nitrogen functional groups attached to an aromatic ring is 1. The molecule has 3 atom stereocenters. The van der Waals surface area contributed by atoms with E-state index in [9.17, 15) is 8.94 Å². The standard InChI is InChI=1S/C13H19FN2OS/c1-13(2,3)18(17)16-12-7-9(12)8-4-5-10(14)11(15)6-8/h4-6,9,12,16H,7,15H2,1-3H3/t9-,12-,18-/m0/s1. The number of hydrogen-bond donors (Lipinski definition) is 2. The van der Waals surface area contributed by atoms with Crippen LogP contribution in [0.4, 0.5) is 10.1 Å². The van der Waals surface area contributed by atoms with Crippen LogP contribution in [0.25, 0.3) is 0 Å². The molecule has 1 aromatic carbocycles. The first-order valence-corrected chi connectivity index (χ1v) is 7.17. The maximum absolute atomic E-state index is 13.1. The van der Waals surface area contributed by atoms with Crippen molar-refractivity contribution in [2.75, 3.05) is 5.73 Å². The predicted molar refractivity (Wildman–Crippen MR) is 73.0 cm³/mol. The summed E-state index contributed by atoms with van der Waals surface area (Å²) < 4.78 is 27.8. The Bertz CT molecular complexity index is 447. The zero-order valence-electron chi connectivity index (χ0n) is 10.9. The van der Waals surface area contributed by atoms with Crippen LogP contribution in [0.3, 0.4) is 0 Å². The molecule has 0 bridgehead atoms. The lowest BCUT2D eigenvalue weighted by Crippen LogP contribution is -2.40.